The fraction of sp³-hybridized carbons (Fsp3) is 0.625. The number of hydrogen-bond donors (Lipinski definition) is 1. The normalized spacial score (nSPS) is 18.2. The molecule has 0 amide bonds. The standard InChI is InChI=1S/C16H25FN2/c1-12(2)13-6-8-19(9-7-13)11-15-5-3-4-14(10-18)16(15)17/h3-5,12-13H,6-11,18H2,1-2H3. The Morgan fingerprint density at radius 2 is 1.89 bits per heavy atom. The zero-order valence-electron chi connectivity index (χ0n) is 12.0. The molecule has 0 saturated carbocycles. The molecule has 0 unspecified atom stereocenters. The molecule has 0 aromatic heterocycles. The van der Waals surface area contributed by atoms with E-state index in [0.29, 0.717) is 12.1 Å². The van der Waals surface area contributed by atoms with Crippen LogP contribution >= 0.6 is 0 Å². The minimum atomic E-state index is -0.115. The third-order valence-corrected chi connectivity index (χ3v) is 4.35. The van der Waals surface area contributed by atoms with Crippen molar-refractivity contribution in [1.82, 2.24) is 4.90 Å². The zero-order valence-corrected chi connectivity index (χ0v) is 12.0. The van der Waals surface area contributed by atoms with Gasteiger partial charge >= 0.3 is 0 Å². The molecule has 1 aliphatic heterocycles. The summed E-state index contributed by atoms with van der Waals surface area (Å²) < 4.78 is 14.1. The van der Waals surface area contributed by atoms with Crippen LogP contribution in [0.1, 0.15) is 37.8 Å². The molecule has 2 N–H and O–H groups in total. The molecule has 0 radical (unpaired) electrons. The van der Waals surface area contributed by atoms with Crippen LogP contribution in [-0.2, 0) is 13.1 Å². The lowest BCUT2D eigenvalue weighted by Gasteiger charge is -2.34. The van der Waals surface area contributed by atoms with Gasteiger partial charge in [0.25, 0.3) is 0 Å². The van der Waals surface area contributed by atoms with Crippen LogP contribution in [0.4, 0.5) is 4.39 Å². The van der Waals surface area contributed by atoms with Gasteiger partial charge in [0.2, 0.25) is 0 Å². The first-order valence-corrected chi connectivity index (χ1v) is 7.30. The number of benzene rings is 1. The van der Waals surface area contributed by atoms with Gasteiger partial charge in [-0.1, -0.05) is 32.0 Å². The largest absolute Gasteiger partial charge is 0.326 e. The minimum Gasteiger partial charge on any atom is -0.326 e. The predicted octanol–water partition coefficient (Wildman–Crippen LogP) is 3.15. The fourth-order valence-corrected chi connectivity index (χ4v) is 2.93. The van der Waals surface area contributed by atoms with Gasteiger partial charge in [0, 0.05) is 24.2 Å². The van der Waals surface area contributed by atoms with Gasteiger partial charge < -0.3 is 5.73 Å². The number of hydrogen-bond acceptors (Lipinski definition) is 2. The Kier molecular flexibility index (Phi) is 4.94. The van der Waals surface area contributed by atoms with E-state index in [1.54, 1.807) is 6.07 Å². The topological polar surface area (TPSA) is 29.3 Å². The second-order valence-corrected chi connectivity index (χ2v) is 5.95. The molecule has 2 nitrogen and oxygen atoms in total. The van der Waals surface area contributed by atoms with Gasteiger partial charge in [-0.15, -0.1) is 0 Å². The van der Waals surface area contributed by atoms with Gasteiger partial charge in [0.05, 0.1) is 0 Å². The Balaban J connectivity index is 1.96. The van der Waals surface area contributed by atoms with Crippen LogP contribution < -0.4 is 5.73 Å². The highest BCUT2D eigenvalue weighted by Gasteiger charge is 2.22. The van der Waals surface area contributed by atoms with Crippen molar-refractivity contribution in [3.8, 4) is 0 Å². The average Bonchev–Trinajstić information content (AvgIpc) is 2.42. The molecule has 1 aliphatic rings. The number of nitrogens with zero attached hydrogens (tertiary/aromatic N) is 1. The lowest BCUT2D eigenvalue weighted by Crippen LogP contribution is -2.35. The van der Waals surface area contributed by atoms with Crippen molar-refractivity contribution in [2.45, 2.75) is 39.8 Å². The molecule has 0 spiro atoms. The summed E-state index contributed by atoms with van der Waals surface area (Å²) in [6.45, 7) is 7.74. The van der Waals surface area contributed by atoms with Crippen LogP contribution in [0.15, 0.2) is 18.2 Å². The third kappa shape index (κ3) is 3.54. The zero-order chi connectivity index (χ0) is 13.8. The summed E-state index contributed by atoms with van der Waals surface area (Å²) >= 11 is 0. The Hall–Kier alpha value is -0.930. The van der Waals surface area contributed by atoms with E-state index in [4.69, 9.17) is 5.73 Å². The van der Waals surface area contributed by atoms with E-state index < -0.39 is 0 Å². The van der Waals surface area contributed by atoms with Gasteiger partial charge in [-0.3, -0.25) is 4.90 Å². The fourth-order valence-electron chi connectivity index (χ4n) is 2.93. The summed E-state index contributed by atoms with van der Waals surface area (Å²) in [5.41, 5.74) is 6.95. The number of piperidine rings is 1. The molecule has 3 heteroatoms. The van der Waals surface area contributed by atoms with Gasteiger partial charge in [0.1, 0.15) is 5.82 Å². The molecular formula is C16H25FN2. The Bertz CT molecular complexity index is 409. The summed E-state index contributed by atoms with van der Waals surface area (Å²) in [5.74, 6) is 1.48. The summed E-state index contributed by atoms with van der Waals surface area (Å²) in [5, 5.41) is 0. The van der Waals surface area contributed by atoms with E-state index in [1.807, 2.05) is 12.1 Å². The van der Waals surface area contributed by atoms with Gasteiger partial charge in [0.15, 0.2) is 0 Å². The highest BCUT2D eigenvalue weighted by Crippen LogP contribution is 2.25. The summed E-state index contributed by atoms with van der Waals surface area (Å²) in [6.07, 6.45) is 2.46. The Morgan fingerprint density at radius 3 is 2.47 bits per heavy atom. The molecule has 106 valence electrons. The molecule has 1 saturated heterocycles. The molecule has 0 bridgehead atoms. The third-order valence-electron chi connectivity index (χ3n) is 4.35. The molecule has 1 aromatic rings. The van der Waals surface area contributed by atoms with Crippen LogP contribution in [0, 0.1) is 17.7 Å². The lowest BCUT2D eigenvalue weighted by molar-refractivity contribution is 0.150. The SMILES string of the molecule is CC(C)C1CCN(Cc2cccc(CN)c2F)CC1. The molecular weight excluding hydrogens is 239 g/mol. The van der Waals surface area contributed by atoms with Crippen LogP contribution in [0.2, 0.25) is 0 Å². The maximum Gasteiger partial charge on any atom is 0.132 e. The summed E-state index contributed by atoms with van der Waals surface area (Å²) in [6, 6.07) is 5.55. The number of nitrogens with two attached hydrogens (primary N) is 1. The predicted molar refractivity (Wildman–Crippen MR) is 77.1 cm³/mol. The van der Waals surface area contributed by atoms with Gasteiger partial charge in [-0.25, -0.2) is 4.39 Å². The van der Waals surface area contributed by atoms with Crippen LogP contribution in [-0.4, -0.2) is 18.0 Å². The van der Waals surface area contributed by atoms with E-state index in [1.165, 1.54) is 12.8 Å². The minimum absolute atomic E-state index is 0.115. The highest BCUT2D eigenvalue weighted by atomic mass is 19.1. The van der Waals surface area contributed by atoms with E-state index in [0.717, 1.165) is 30.5 Å². The second kappa shape index (κ2) is 6.49. The van der Waals surface area contributed by atoms with Gasteiger partial charge in [-0.05, 0) is 37.8 Å². The first-order valence-electron chi connectivity index (χ1n) is 7.30. The van der Waals surface area contributed by atoms with Crippen molar-refractivity contribution in [2.24, 2.45) is 17.6 Å². The maximum absolute atomic E-state index is 14.1. The van der Waals surface area contributed by atoms with Crippen molar-refractivity contribution in [3.63, 3.8) is 0 Å². The molecule has 1 fully saturated rings. The lowest BCUT2D eigenvalue weighted by atomic mass is 9.86. The van der Waals surface area contributed by atoms with Crippen LogP contribution in [0.5, 0.6) is 0 Å². The van der Waals surface area contributed by atoms with Crippen molar-refractivity contribution < 1.29 is 4.39 Å². The molecule has 1 aromatic carbocycles. The average molecular weight is 264 g/mol. The highest BCUT2D eigenvalue weighted by molar-refractivity contribution is 5.25. The molecule has 1 heterocycles. The first-order chi connectivity index (χ1) is 9.11. The Morgan fingerprint density at radius 1 is 1.26 bits per heavy atom. The maximum atomic E-state index is 14.1. The van der Waals surface area contributed by atoms with Crippen molar-refractivity contribution >= 4 is 0 Å². The smallest absolute Gasteiger partial charge is 0.132 e. The molecule has 0 atom stereocenters. The summed E-state index contributed by atoms with van der Waals surface area (Å²) in [4.78, 5) is 2.36. The Labute approximate surface area is 115 Å². The van der Waals surface area contributed by atoms with E-state index in [9.17, 15) is 4.39 Å². The van der Waals surface area contributed by atoms with E-state index in [-0.39, 0.29) is 12.4 Å². The number of likely N-dealkylation sites (tertiary alicyclic amines) is 1. The van der Waals surface area contributed by atoms with Crippen LogP contribution in [0.25, 0.3) is 0 Å². The van der Waals surface area contributed by atoms with Gasteiger partial charge in [-0.2, -0.15) is 0 Å². The van der Waals surface area contributed by atoms with E-state index >= 15 is 0 Å². The van der Waals surface area contributed by atoms with E-state index in [2.05, 4.69) is 18.7 Å². The molecule has 19 heavy (non-hydrogen) atoms. The quantitative estimate of drug-likeness (QED) is 0.905. The van der Waals surface area contributed by atoms with Crippen LogP contribution in [0.3, 0.4) is 0 Å². The van der Waals surface area contributed by atoms with Crippen molar-refractivity contribution in [1.29, 1.82) is 0 Å². The number of halogens is 1. The monoisotopic (exact) mass is 264 g/mol. The molecule has 0 aliphatic carbocycles. The summed E-state index contributed by atoms with van der Waals surface area (Å²) in [7, 11) is 0. The number of rotatable bonds is 4. The van der Waals surface area contributed by atoms with Crippen molar-refractivity contribution in [3.05, 3.63) is 35.1 Å². The van der Waals surface area contributed by atoms with Crippen molar-refractivity contribution in [2.75, 3.05) is 13.1 Å². The molecule has 2 rings (SSSR count). The second-order valence-electron chi connectivity index (χ2n) is 5.95. The first kappa shape index (κ1) is 14.5.